The second-order valence-electron chi connectivity index (χ2n) is 3.16. The minimum absolute atomic E-state index is 0.388. The van der Waals surface area contributed by atoms with E-state index in [0.717, 1.165) is 8.04 Å². The monoisotopic (exact) mass is 397 g/mol. The van der Waals surface area contributed by atoms with E-state index in [9.17, 15) is 9.59 Å². The first kappa shape index (κ1) is 13.4. The number of hydrogen-bond acceptors (Lipinski definition) is 2. The van der Waals surface area contributed by atoms with Crippen LogP contribution in [0.25, 0.3) is 0 Å². The third kappa shape index (κ3) is 3.44. The van der Waals surface area contributed by atoms with E-state index in [1.54, 1.807) is 12.1 Å². The Hall–Kier alpha value is -0.630. The van der Waals surface area contributed by atoms with Crippen LogP contribution < -0.4 is 5.32 Å². The molecule has 1 rings (SSSR count). The Morgan fingerprint density at radius 3 is 2.69 bits per heavy atom. The first-order chi connectivity index (χ1) is 7.41. The summed E-state index contributed by atoms with van der Waals surface area (Å²) in [5.74, 6) is -1.45. The summed E-state index contributed by atoms with van der Waals surface area (Å²) in [6, 6.07) is 4.36. The number of halogens is 2. The van der Waals surface area contributed by atoms with E-state index in [2.05, 4.69) is 21.2 Å². The van der Waals surface area contributed by atoms with Crippen molar-refractivity contribution in [3.63, 3.8) is 0 Å². The number of amides is 1. The van der Waals surface area contributed by atoms with E-state index in [0.29, 0.717) is 5.56 Å². The van der Waals surface area contributed by atoms with Crippen LogP contribution in [0, 0.1) is 3.57 Å². The van der Waals surface area contributed by atoms with Gasteiger partial charge in [0.2, 0.25) is 0 Å². The molecule has 1 aromatic carbocycles. The van der Waals surface area contributed by atoms with Gasteiger partial charge in [0.25, 0.3) is 5.91 Å². The van der Waals surface area contributed by atoms with Gasteiger partial charge in [-0.15, -0.1) is 0 Å². The molecule has 2 N–H and O–H groups in total. The van der Waals surface area contributed by atoms with Gasteiger partial charge in [0.05, 0.1) is 5.56 Å². The van der Waals surface area contributed by atoms with Crippen LogP contribution in [-0.2, 0) is 4.79 Å². The normalized spacial score (nSPS) is 11.9. The Bertz CT molecular complexity index is 436. The zero-order valence-electron chi connectivity index (χ0n) is 8.33. The Kier molecular flexibility index (Phi) is 4.72. The molecule has 0 aliphatic heterocycles. The quantitative estimate of drug-likeness (QED) is 0.769. The average Bonchev–Trinajstić information content (AvgIpc) is 2.21. The molecule has 0 unspecified atom stereocenters. The fourth-order valence-electron chi connectivity index (χ4n) is 1.01. The molecule has 1 aromatic rings. The fraction of sp³-hybridized carbons (Fsp3) is 0.200. The summed E-state index contributed by atoms with van der Waals surface area (Å²) < 4.78 is 1.55. The van der Waals surface area contributed by atoms with Crippen LogP contribution in [0.4, 0.5) is 0 Å². The number of aliphatic carboxylic acids is 1. The number of carboxylic acids is 1. The minimum atomic E-state index is -1.06. The fourth-order valence-corrected chi connectivity index (χ4v) is 1.95. The molecule has 0 radical (unpaired) electrons. The Balaban J connectivity index is 2.88. The first-order valence-electron chi connectivity index (χ1n) is 4.40. The lowest BCUT2D eigenvalue weighted by Gasteiger charge is -2.10. The molecule has 4 nitrogen and oxygen atoms in total. The molecule has 0 aliphatic carbocycles. The lowest BCUT2D eigenvalue weighted by Crippen LogP contribution is -2.38. The lowest BCUT2D eigenvalue weighted by atomic mass is 10.2. The number of rotatable bonds is 3. The molecule has 16 heavy (non-hydrogen) atoms. The van der Waals surface area contributed by atoms with Gasteiger partial charge < -0.3 is 10.4 Å². The molecule has 0 heterocycles. The largest absolute Gasteiger partial charge is 0.480 e. The van der Waals surface area contributed by atoms with Gasteiger partial charge in [-0.1, -0.05) is 15.9 Å². The van der Waals surface area contributed by atoms with Crippen LogP contribution in [0.1, 0.15) is 17.3 Å². The average molecular weight is 398 g/mol. The number of carboxylic acid groups (broad SMARTS) is 1. The Morgan fingerprint density at radius 2 is 2.12 bits per heavy atom. The van der Waals surface area contributed by atoms with E-state index in [-0.39, 0.29) is 5.91 Å². The number of hydrogen-bond donors (Lipinski definition) is 2. The molecule has 1 amide bonds. The van der Waals surface area contributed by atoms with Gasteiger partial charge in [-0.05, 0) is 47.7 Å². The van der Waals surface area contributed by atoms with E-state index in [1.165, 1.54) is 6.92 Å². The van der Waals surface area contributed by atoms with Crippen molar-refractivity contribution < 1.29 is 14.7 Å². The molecule has 1 atom stereocenters. The van der Waals surface area contributed by atoms with Crippen LogP contribution in [0.3, 0.4) is 0 Å². The Labute approximate surface area is 115 Å². The van der Waals surface area contributed by atoms with Gasteiger partial charge in [0.1, 0.15) is 6.04 Å². The molecule has 86 valence electrons. The second kappa shape index (κ2) is 5.62. The summed E-state index contributed by atoms with van der Waals surface area (Å²) in [6.07, 6.45) is 0. The summed E-state index contributed by atoms with van der Waals surface area (Å²) in [7, 11) is 0. The summed E-state index contributed by atoms with van der Waals surface area (Å²) >= 11 is 5.29. The van der Waals surface area contributed by atoms with Crippen molar-refractivity contribution in [3.05, 3.63) is 31.8 Å². The van der Waals surface area contributed by atoms with Gasteiger partial charge in [-0.2, -0.15) is 0 Å². The van der Waals surface area contributed by atoms with Crippen molar-refractivity contribution in [1.82, 2.24) is 5.32 Å². The maximum Gasteiger partial charge on any atom is 0.325 e. The number of nitrogens with one attached hydrogen (secondary N) is 1. The van der Waals surface area contributed by atoms with Crippen molar-refractivity contribution in [2.45, 2.75) is 13.0 Å². The molecule has 0 spiro atoms. The van der Waals surface area contributed by atoms with Crippen molar-refractivity contribution in [2.75, 3.05) is 0 Å². The lowest BCUT2D eigenvalue weighted by molar-refractivity contribution is -0.138. The number of carbonyl (C=O) groups excluding carboxylic acids is 1. The molecule has 0 fully saturated rings. The molecule has 0 saturated carbocycles. The van der Waals surface area contributed by atoms with E-state index >= 15 is 0 Å². The highest BCUT2D eigenvalue weighted by molar-refractivity contribution is 14.1. The highest BCUT2D eigenvalue weighted by atomic mass is 127. The first-order valence-corrected chi connectivity index (χ1v) is 6.27. The van der Waals surface area contributed by atoms with Crippen LogP contribution in [0.15, 0.2) is 22.7 Å². The molecule has 0 saturated heterocycles. The molecule has 0 aromatic heterocycles. The van der Waals surface area contributed by atoms with Crippen molar-refractivity contribution >= 4 is 50.4 Å². The van der Waals surface area contributed by atoms with Crippen LogP contribution in [-0.4, -0.2) is 23.0 Å². The predicted octanol–water partition coefficient (Wildman–Crippen LogP) is 2.26. The van der Waals surface area contributed by atoms with Crippen molar-refractivity contribution in [1.29, 1.82) is 0 Å². The molecular weight excluding hydrogens is 389 g/mol. The van der Waals surface area contributed by atoms with Crippen molar-refractivity contribution in [2.24, 2.45) is 0 Å². The minimum Gasteiger partial charge on any atom is -0.480 e. The van der Waals surface area contributed by atoms with Gasteiger partial charge in [-0.25, -0.2) is 0 Å². The standard InChI is InChI=1S/C10H9BrINO3/c1-5(10(15)16)13-9(14)7-4-6(11)2-3-8(7)12/h2-5H,1H3,(H,13,14)(H,15,16)/t5-/m0/s1. The molecular formula is C10H9BrINO3. The number of carbonyl (C=O) groups is 2. The SMILES string of the molecule is C[C@H](NC(=O)c1cc(Br)ccc1I)C(=O)O. The summed E-state index contributed by atoms with van der Waals surface area (Å²) in [6.45, 7) is 1.42. The summed E-state index contributed by atoms with van der Waals surface area (Å²) in [5.41, 5.74) is 0.461. The van der Waals surface area contributed by atoms with Crippen LogP contribution >= 0.6 is 38.5 Å². The topological polar surface area (TPSA) is 66.4 Å². The van der Waals surface area contributed by atoms with Gasteiger partial charge in [-0.3, -0.25) is 9.59 Å². The van der Waals surface area contributed by atoms with Gasteiger partial charge in [0.15, 0.2) is 0 Å². The van der Waals surface area contributed by atoms with E-state index in [1.807, 2.05) is 28.7 Å². The zero-order chi connectivity index (χ0) is 12.3. The molecule has 6 heteroatoms. The van der Waals surface area contributed by atoms with Gasteiger partial charge >= 0.3 is 5.97 Å². The highest BCUT2D eigenvalue weighted by Crippen LogP contribution is 2.18. The Morgan fingerprint density at radius 1 is 1.50 bits per heavy atom. The maximum atomic E-state index is 11.7. The number of benzene rings is 1. The van der Waals surface area contributed by atoms with E-state index in [4.69, 9.17) is 5.11 Å². The van der Waals surface area contributed by atoms with Crippen molar-refractivity contribution in [3.8, 4) is 0 Å². The third-order valence-electron chi connectivity index (χ3n) is 1.89. The third-order valence-corrected chi connectivity index (χ3v) is 3.32. The summed E-state index contributed by atoms with van der Waals surface area (Å²) in [5, 5.41) is 11.1. The summed E-state index contributed by atoms with van der Waals surface area (Å²) in [4.78, 5) is 22.3. The smallest absolute Gasteiger partial charge is 0.325 e. The van der Waals surface area contributed by atoms with Gasteiger partial charge in [0, 0.05) is 8.04 Å². The highest BCUT2D eigenvalue weighted by Gasteiger charge is 2.17. The maximum absolute atomic E-state index is 11.7. The van der Waals surface area contributed by atoms with Crippen LogP contribution in [0.2, 0.25) is 0 Å². The van der Waals surface area contributed by atoms with E-state index < -0.39 is 12.0 Å². The zero-order valence-corrected chi connectivity index (χ0v) is 12.1. The predicted molar refractivity (Wildman–Crippen MR) is 71.4 cm³/mol. The molecule has 0 aliphatic rings. The molecule has 0 bridgehead atoms. The second-order valence-corrected chi connectivity index (χ2v) is 5.24. The van der Waals surface area contributed by atoms with Crippen LogP contribution in [0.5, 0.6) is 0 Å².